The summed E-state index contributed by atoms with van der Waals surface area (Å²) in [6.07, 6.45) is 1.97. The summed E-state index contributed by atoms with van der Waals surface area (Å²) in [6.45, 7) is 3.74. The van der Waals surface area contributed by atoms with E-state index in [0.29, 0.717) is 11.1 Å². The van der Waals surface area contributed by atoms with Crippen LogP contribution in [0.3, 0.4) is 0 Å². The predicted octanol–water partition coefficient (Wildman–Crippen LogP) is 3.23. The van der Waals surface area contributed by atoms with E-state index in [0.717, 1.165) is 42.1 Å². The minimum Gasteiger partial charge on any atom is -0.381 e. The van der Waals surface area contributed by atoms with Crippen LogP contribution in [-0.4, -0.2) is 23.2 Å². The SMILES string of the molecule is Cc1cc2c(Cl)nc(CC3CCOC3)nc2s1. The largest absolute Gasteiger partial charge is 0.381 e. The molecule has 0 spiro atoms. The minimum atomic E-state index is 0.546. The van der Waals surface area contributed by atoms with Gasteiger partial charge in [-0.05, 0) is 25.3 Å². The molecular formula is C12H13ClN2OS. The maximum absolute atomic E-state index is 6.19. The van der Waals surface area contributed by atoms with Crippen molar-refractivity contribution < 1.29 is 4.74 Å². The number of hydrogen-bond acceptors (Lipinski definition) is 4. The minimum absolute atomic E-state index is 0.546. The molecule has 0 aromatic carbocycles. The van der Waals surface area contributed by atoms with E-state index in [4.69, 9.17) is 16.3 Å². The van der Waals surface area contributed by atoms with Crippen molar-refractivity contribution in [1.29, 1.82) is 0 Å². The van der Waals surface area contributed by atoms with E-state index in [9.17, 15) is 0 Å². The van der Waals surface area contributed by atoms with Crippen LogP contribution in [0.2, 0.25) is 5.15 Å². The van der Waals surface area contributed by atoms with E-state index in [2.05, 4.69) is 16.9 Å². The molecule has 17 heavy (non-hydrogen) atoms. The molecule has 0 aliphatic carbocycles. The maximum Gasteiger partial charge on any atom is 0.141 e. The molecule has 1 atom stereocenters. The molecule has 2 aromatic heterocycles. The normalized spacial score (nSPS) is 20.2. The Labute approximate surface area is 109 Å². The van der Waals surface area contributed by atoms with Crippen LogP contribution < -0.4 is 0 Å². The Morgan fingerprint density at radius 2 is 2.41 bits per heavy atom. The van der Waals surface area contributed by atoms with E-state index in [-0.39, 0.29) is 0 Å². The van der Waals surface area contributed by atoms with Gasteiger partial charge in [-0.15, -0.1) is 11.3 Å². The van der Waals surface area contributed by atoms with Crippen LogP contribution in [0, 0.1) is 12.8 Å². The van der Waals surface area contributed by atoms with E-state index in [1.807, 2.05) is 6.07 Å². The smallest absolute Gasteiger partial charge is 0.141 e. The summed E-state index contributed by atoms with van der Waals surface area (Å²) in [5.74, 6) is 1.39. The first-order chi connectivity index (χ1) is 8.22. The molecule has 0 saturated carbocycles. The second-order valence-electron chi connectivity index (χ2n) is 4.44. The van der Waals surface area contributed by atoms with E-state index < -0.39 is 0 Å². The van der Waals surface area contributed by atoms with E-state index in [1.54, 1.807) is 11.3 Å². The van der Waals surface area contributed by atoms with Gasteiger partial charge in [-0.3, -0.25) is 0 Å². The summed E-state index contributed by atoms with van der Waals surface area (Å²) in [5.41, 5.74) is 0. The molecule has 1 aliphatic heterocycles. The van der Waals surface area contributed by atoms with Crippen LogP contribution in [0.4, 0.5) is 0 Å². The molecule has 0 N–H and O–H groups in total. The van der Waals surface area contributed by atoms with Crippen molar-refractivity contribution in [3.05, 3.63) is 21.9 Å². The highest BCUT2D eigenvalue weighted by Crippen LogP contribution is 2.29. The van der Waals surface area contributed by atoms with Gasteiger partial charge in [0, 0.05) is 29.9 Å². The average Bonchev–Trinajstić information content (AvgIpc) is 2.87. The Kier molecular flexibility index (Phi) is 3.03. The number of aromatic nitrogens is 2. The van der Waals surface area contributed by atoms with Gasteiger partial charge in [-0.1, -0.05) is 11.6 Å². The van der Waals surface area contributed by atoms with Gasteiger partial charge in [0.2, 0.25) is 0 Å². The molecule has 3 rings (SSSR count). The van der Waals surface area contributed by atoms with Gasteiger partial charge in [0.25, 0.3) is 0 Å². The summed E-state index contributed by atoms with van der Waals surface area (Å²) in [7, 11) is 0. The molecule has 0 amide bonds. The van der Waals surface area contributed by atoms with Crippen molar-refractivity contribution in [3.63, 3.8) is 0 Å². The molecule has 90 valence electrons. The van der Waals surface area contributed by atoms with Gasteiger partial charge in [-0.2, -0.15) is 0 Å². The first-order valence-corrected chi connectivity index (χ1v) is 6.92. The first kappa shape index (κ1) is 11.4. The van der Waals surface area contributed by atoms with Crippen LogP contribution in [0.15, 0.2) is 6.07 Å². The fraction of sp³-hybridized carbons (Fsp3) is 0.500. The molecule has 0 bridgehead atoms. The summed E-state index contributed by atoms with van der Waals surface area (Å²) in [5, 5.41) is 1.55. The molecule has 1 aliphatic rings. The van der Waals surface area contributed by atoms with Crippen LogP contribution in [-0.2, 0) is 11.2 Å². The lowest BCUT2D eigenvalue weighted by Gasteiger charge is -2.06. The average molecular weight is 269 g/mol. The highest BCUT2D eigenvalue weighted by molar-refractivity contribution is 7.18. The number of halogens is 1. The van der Waals surface area contributed by atoms with E-state index in [1.165, 1.54) is 4.88 Å². The van der Waals surface area contributed by atoms with Crippen molar-refractivity contribution >= 4 is 33.2 Å². The van der Waals surface area contributed by atoms with Gasteiger partial charge in [0.1, 0.15) is 15.8 Å². The van der Waals surface area contributed by atoms with Crippen molar-refractivity contribution in [2.75, 3.05) is 13.2 Å². The standard InChI is InChI=1S/C12H13ClN2OS/c1-7-4-9-11(13)14-10(15-12(9)17-7)5-8-2-3-16-6-8/h4,8H,2-3,5-6H2,1H3. The van der Waals surface area contributed by atoms with Crippen molar-refractivity contribution in [3.8, 4) is 0 Å². The lowest BCUT2D eigenvalue weighted by atomic mass is 10.1. The molecule has 1 saturated heterocycles. The Morgan fingerprint density at radius 3 is 3.18 bits per heavy atom. The zero-order valence-electron chi connectivity index (χ0n) is 9.57. The number of ether oxygens (including phenoxy) is 1. The second-order valence-corrected chi connectivity index (χ2v) is 6.03. The lowest BCUT2D eigenvalue weighted by molar-refractivity contribution is 0.185. The molecule has 0 radical (unpaired) electrons. The Balaban J connectivity index is 1.94. The lowest BCUT2D eigenvalue weighted by Crippen LogP contribution is -2.07. The third-order valence-corrected chi connectivity index (χ3v) is 4.24. The highest BCUT2D eigenvalue weighted by Gasteiger charge is 2.18. The molecular weight excluding hydrogens is 256 g/mol. The maximum atomic E-state index is 6.19. The molecule has 1 fully saturated rings. The Bertz CT molecular complexity index is 549. The number of aryl methyl sites for hydroxylation is 1. The Hall–Kier alpha value is -0.710. The molecule has 5 heteroatoms. The summed E-state index contributed by atoms with van der Waals surface area (Å²) in [4.78, 5) is 11.2. The third-order valence-electron chi connectivity index (χ3n) is 3.01. The molecule has 1 unspecified atom stereocenters. The topological polar surface area (TPSA) is 35.0 Å². The Morgan fingerprint density at radius 1 is 1.53 bits per heavy atom. The first-order valence-electron chi connectivity index (χ1n) is 5.72. The van der Waals surface area contributed by atoms with Gasteiger partial charge in [0.15, 0.2) is 0 Å². The summed E-state index contributed by atoms with van der Waals surface area (Å²) >= 11 is 7.86. The van der Waals surface area contributed by atoms with Crippen LogP contribution in [0.1, 0.15) is 17.1 Å². The van der Waals surface area contributed by atoms with E-state index >= 15 is 0 Å². The van der Waals surface area contributed by atoms with Crippen LogP contribution in [0.5, 0.6) is 0 Å². The van der Waals surface area contributed by atoms with Crippen molar-refractivity contribution in [2.24, 2.45) is 5.92 Å². The van der Waals surface area contributed by atoms with Crippen LogP contribution in [0.25, 0.3) is 10.2 Å². The quantitative estimate of drug-likeness (QED) is 0.785. The number of fused-ring (bicyclic) bond motifs is 1. The van der Waals surface area contributed by atoms with Crippen molar-refractivity contribution in [2.45, 2.75) is 19.8 Å². The number of thiophene rings is 1. The number of hydrogen-bond donors (Lipinski definition) is 0. The highest BCUT2D eigenvalue weighted by atomic mass is 35.5. The predicted molar refractivity (Wildman–Crippen MR) is 69.8 cm³/mol. The number of nitrogens with zero attached hydrogens (tertiary/aromatic N) is 2. The second kappa shape index (κ2) is 4.52. The zero-order chi connectivity index (χ0) is 11.8. The summed E-state index contributed by atoms with van der Waals surface area (Å²) in [6, 6.07) is 2.05. The van der Waals surface area contributed by atoms with Gasteiger partial charge >= 0.3 is 0 Å². The molecule has 3 heterocycles. The zero-order valence-corrected chi connectivity index (χ0v) is 11.1. The van der Waals surface area contributed by atoms with Crippen LogP contribution >= 0.6 is 22.9 Å². The van der Waals surface area contributed by atoms with Gasteiger partial charge in [-0.25, -0.2) is 9.97 Å². The number of rotatable bonds is 2. The van der Waals surface area contributed by atoms with Crippen molar-refractivity contribution in [1.82, 2.24) is 9.97 Å². The fourth-order valence-electron chi connectivity index (χ4n) is 2.14. The third kappa shape index (κ3) is 2.30. The monoisotopic (exact) mass is 268 g/mol. The fourth-order valence-corrected chi connectivity index (χ4v) is 3.34. The van der Waals surface area contributed by atoms with Gasteiger partial charge in [0.05, 0.1) is 0 Å². The molecule has 3 nitrogen and oxygen atoms in total. The summed E-state index contributed by atoms with van der Waals surface area (Å²) < 4.78 is 5.37. The molecule has 2 aromatic rings. The van der Waals surface area contributed by atoms with Gasteiger partial charge < -0.3 is 4.74 Å².